The first-order chi connectivity index (χ1) is 21.1. The van der Waals surface area contributed by atoms with E-state index in [0.29, 0.717) is 43.7 Å². The Balaban J connectivity index is 1.33. The molecule has 2 N–H and O–H groups in total. The summed E-state index contributed by atoms with van der Waals surface area (Å²) in [4.78, 5) is 43.8. The number of nitrogens with zero attached hydrogens (tertiary/aromatic N) is 4. The Labute approximate surface area is 251 Å². The number of rotatable bonds is 8. The average molecular weight is 571 g/mol. The Morgan fingerprint density at radius 2 is 1.79 bits per heavy atom. The molecule has 3 aromatic carbocycles. The van der Waals surface area contributed by atoms with Crippen LogP contribution in [-0.2, 0) is 26.1 Å². The average Bonchev–Trinajstić information content (AvgIpc) is 3.51. The summed E-state index contributed by atoms with van der Waals surface area (Å²) >= 11 is 0. The molecule has 8 heteroatoms. The first-order valence-corrected chi connectivity index (χ1v) is 14.6. The summed E-state index contributed by atoms with van der Waals surface area (Å²) in [5, 5.41) is 2.96. The van der Waals surface area contributed by atoms with E-state index in [2.05, 4.69) is 55.5 Å². The molecule has 8 nitrogen and oxygen atoms in total. The Morgan fingerprint density at radius 1 is 0.930 bits per heavy atom. The molecule has 2 aromatic heterocycles. The van der Waals surface area contributed by atoms with Crippen LogP contribution in [0, 0.1) is 0 Å². The van der Waals surface area contributed by atoms with Gasteiger partial charge in [0.1, 0.15) is 0 Å². The number of pyridine rings is 1. The zero-order chi connectivity index (χ0) is 29.6. The van der Waals surface area contributed by atoms with Gasteiger partial charge >= 0.3 is 0 Å². The van der Waals surface area contributed by atoms with Gasteiger partial charge in [0.25, 0.3) is 11.8 Å². The predicted octanol–water partition coefficient (Wildman–Crippen LogP) is 5.63. The quantitative estimate of drug-likeness (QED) is 0.252. The van der Waals surface area contributed by atoms with Gasteiger partial charge in [-0.25, -0.2) is 4.98 Å². The van der Waals surface area contributed by atoms with Gasteiger partial charge in [-0.15, -0.1) is 0 Å². The number of carbonyl (C=O) groups excluding carboxylic acids is 2. The molecule has 5 aromatic rings. The maximum atomic E-state index is 14.4. The molecule has 216 valence electrons. The van der Waals surface area contributed by atoms with Crippen LogP contribution in [0.5, 0.6) is 0 Å². The number of benzene rings is 3. The van der Waals surface area contributed by atoms with E-state index in [4.69, 9.17) is 0 Å². The van der Waals surface area contributed by atoms with Gasteiger partial charge in [0.05, 0.1) is 41.9 Å². The van der Waals surface area contributed by atoms with Crippen molar-refractivity contribution in [2.45, 2.75) is 33.0 Å². The number of nitrogens with one attached hydrogen (secondary N) is 2. The van der Waals surface area contributed by atoms with E-state index in [1.807, 2.05) is 66.6 Å². The van der Waals surface area contributed by atoms with Gasteiger partial charge in [-0.3, -0.25) is 14.6 Å². The van der Waals surface area contributed by atoms with Gasteiger partial charge in [-0.2, -0.15) is 0 Å². The number of imidazole rings is 1. The number of hydrogen-bond acceptors (Lipinski definition) is 5. The summed E-state index contributed by atoms with van der Waals surface area (Å²) < 4.78 is 0. The van der Waals surface area contributed by atoms with E-state index in [1.165, 1.54) is 0 Å². The van der Waals surface area contributed by atoms with E-state index < -0.39 is 0 Å². The Bertz CT molecular complexity index is 1700. The van der Waals surface area contributed by atoms with Crippen LogP contribution in [0.15, 0.2) is 104 Å². The largest absolute Gasteiger partial charge is 0.364 e. The second-order valence-corrected chi connectivity index (χ2v) is 10.6. The lowest BCUT2D eigenvalue weighted by Gasteiger charge is -2.25. The molecule has 3 heterocycles. The monoisotopic (exact) mass is 570 g/mol. The molecule has 2 amide bonds. The third-order valence-corrected chi connectivity index (χ3v) is 7.88. The minimum Gasteiger partial charge on any atom is -0.364 e. The van der Waals surface area contributed by atoms with E-state index in [9.17, 15) is 9.59 Å². The summed E-state index contributed by atoms with van der Waals surface area (Å²) in [5.74, 6) is -0.424. The molecule has 6 rings (SSSR count). The number of amides is 2. The van der Waals surface area contributed by atoms with Gasteiger partial charge in [0.15, 0.2) is 0 Å². The molecule has 0 spiro atoms. The number of H-pyrrole nitrogens is 1. The fraction of sp³-hybridized carbons (Fsp3) is 0.200. The molecule has 0 aliphatic carbocycles. The first-order valence-electron chi connectivity index (χ1n) is 14.6. The van der Waals surface area contributed by atoms with E-state index in [-0.39, 0.29) is 18.4 Å². The van der Waals surface area contributed by atoms with Crippen molar-refractivity contribution >= 4 is 17.5 Å². The van der Waals surface area contributed by atoms with Crippen molar-refractivity contribution in [3.8, 4) is 11.1 Å². The second kappa shape index (κ2) is 12.7. The number of aromatic nitrogens is 3. The van der Waals surface area contributed by atoms with Crippen LogP contribution in [0.1, 0.15) is 50.2 Å². The minimum atomic E-state index is -0.285. The fourth-order valence-corrected chi connectivity index (χ4v) is 5.66. The van der Waals surface area contributed by atoms with Crippen molar-refractivity contribution in [2.24, 2.45) is 0 Å². The summed E-state index contributed by atoms with van der Waals surface area (Å²) in [6.07, 6.45) is 5.85. The minimum absolute atomic E-state index is 0.139. The number of aromatic amines is 1. The normalized spacial score (nSPS) is 12.9. The molecule has 1 aliphatic rings. The van der Waals surface area contributed by atoms with Crippen LogP contribution < -0.4 is 10.2 Å². The van der Waals surface area contributed by atoms with Gasteiger partial charge in [-0.1, -0.05) is 61.5 Å². The summed E-state index contributed by atoms with van der Waals surface area (Å²) in [6, 6.07) is 27.8. The smallest absolute Gasteiger partial charge is 0.255 e. The predicted molar refractivity (Wildman–Crippen MR) is 167 cm³/mol. The molecular formula is C35H34N6O2. The fourth-order valence-electron chi connectivity index (χ4n) is 5.66. The highest BCUT2D eigenvalue weighted by atomic mass is 16.2. The second-order valence-electron chi connectivity index (χ2n) is 10.6. The van der Waals surface area contributed by atoms with E-state index >= 15 is 0 Å². The molecule has 0 radical (unpaired) electrons. The zero-order valence-corrected chi connectivity index (χ0v) is 24.2. The number of fused-ring (bicyclic) bond motifs is 1. The van der Waals surface area contributed by atoms with Crippen LogP contribution >= 0.6 is 0 Å². The van der Waals surface area contributed by atoms with Crippen LogP contribution in [0.4, 0.5) is 5.69 Å². The molecule has 0 unspecified atom stereocenters. The van der Waals surface area contributed by atoms with Gasteiger partial charge in [-0.05, 0) is 59.0 Å². The number of carbonyl (C=O) groups is 2. The molecular weight excluding hydrogens is 536 g/mol. The van der Waals surface area contributed by atoms with Gasteiger partial charge in [0.2, 0.25) is 0 Å². The van der Waals surface area contributed by atoms with Crippen LogP contribution in [0.3, 0.4) is 0 Å². The van der Waals surface area contributed by atoms with E-state index in [0.717, 1.165) is 39.3 Å². The lowest BCUT2D eigenvalue weighted by molar-refractivity contribution is 0.0743. The van der Waals surface area contributed by atoms with Crippen molar-refractivity contribution in [1.82, 2.24) is 25.2 Å². The third-order valence-electron chi connectivity index (χ3n) is 7.88. The molecule has 0 saturated heterocycles. The zero-order valence-electron chi connectivity index (χ0n) is 24.2. The van der Waals surface area contributed by atoms with Crippen molar-refractivity contribution in [2.75, 3.05) is 18.0 Å². The highest BCUT2D eigenvalue weighted by molar-refractivity contribution is 6.08. The van der Waals surface area contributed by atoms with Crippen LogP contribution in [0.2, 0.25) is 0 Å². The number of hydrogen-bond donors (Lipinski definition) is 2. The summed E-state index contributed by atoms with van der Waals surface area (Å²) in [5.41, 5.74) is 7.82. The maximum Gasteiger partial charge on any atom is 0.255 e. The molecule has 0 saturated carbocycles. The summed E-state index contributed by atoms with van der Waals surface area (Å²) in [6.45, 7) is 4.52. The lowest BCUT2D eigenvalue weighted by atomic mass is 9.96. The Kier molecular flexibility index (Phi) is 8.26. The molecule has 0 atom stereocenters. The van der Waals surface area contributed by atoms with Crippen molar-refractivity contribution in [1.29, 1.82) is 0 Å². The summed E-state index contributed by atoms with van der Waals surface area (Å²) in [7, 11) is 0. The maximum absolute atomic E-state index is 14.4. The topological polar surface area (TPSA) is 94.2 Å². The molecule has 0 fully saturated rings. The SMILES string of the molecule is CCc1cccc(C(=O)NCc2ccccn2)c1C(=O)N1CCN(Cc2cnc[nH]2)c2ccc(-c3ccccc3)cc2C1. The van der Waals surface area contributed by atoms with Crippen LogP contribution in [-0.4, -0.2) is 44.8 Å². The highest BCUT2D eigenvalue weighted by Crippen LogP contribution is 2.32. The molecule has 1 aliphatic heterocycles. The molecule has 43 heavy (non-hydrogen) atoms. The number of aryl methyl sites for hydroxylation is 1. The third kappa shape index (κ3) is 6.18. The van der Waals surface area contributed by atoms with Crippen molar-refractivity contribution in [3.63, 3.8) is 0 Å². The van der Waals surface area contributed by atoms with Crippen molar-refractivity contribution < 1.29 is 9.59 Å². The van der Waals surface area contributed by atoms with Gasteiger partial charge in [0, 0.05) is 37.7 Å². The Morgan fingerprint density at radius 3 is 2.56 bits per heavy atom. The van der Waals surface area contributed by atoms with Crippen molar-refractivity contribution in [3.05, 3.63) is 137 Å². The van der Waals surface area contributed by atoms with E-state index in [1.54, 1.807) is 18.6 Å². The molecule has 0 bridgehead atoms. The van der Waals surface area contributed by atoms with Gasteiger partial charge < -0.3 is 20.1 Å². The standard InChI is InChI=1S/C35H34N6O2/c1-2-25-11-8-13-31(34(42)38-21-29-12-6-7-16-37-29)33(25)35(43)41-18-17-40(23-30-20-36-24-39-30)32-15-14-27(19-28(32)22-41)26-9-4-3-5-10-26/h3-16,19-20,24H,2,17-18,21-23H2,1H3,(H,36,39)(H,38,42). The Hall–Kier alpha value is -5.24. The van der Waals surface area contributed by atoms with Crippen LogP contribution in [0.25, 0.3) is 11.1 Å². The lowest BCUT2D eigenvalue weighted by Crippen LogP contribution is -2.37. The highest BCUT2D eigenvalue weighted by Gasteiger charge is 2.29. The first kappa shape index (κ1) is 27.9. The number of anilines is 1.